The van der Waals surface area contributed by atoms with Gasteiger partial charge in [0.05, 0.1) is 0 Å². The summed E-state index contributed by atoms with van der Waals surface area (Å²) >= 11 is 0. The van der Waals surface area contributed by atoms with Crippen LogP contribution in [0.2, 0.25) is 0 Å². The fraction of sp³-hybridized carbons (Fsp3) is 0.800. The Balaban J connectivity index is 1.48. The highest BCUT2D eigenvalue weighted by atomic mass is 16.1. The standard InChI is InChI=1S/C25H43N7O/c26-13-15-27-24(33)19-22-21(11-8-18-32(22)20-9-4-3-5-10-20)29-25-28-14-12-23(30-25)31-16-6-1-2-7-17-31/h12,14,20-22H,1-11,13,15-19,26H2,(H,27,33)(H,28,29,30). The Morgan fingerprint density at radius 3 is 2.52 bits per heavy atom. The van der Waals surface area contributed by atoms with Crippen molar-refractivity contribution in [3.8, 4) is 0 Å². The minimum absolute atomic E-state index is 0.0965. The zero-order chi connectivity index (χ0) is 22.9. The van der Waals surface area contributed by atoms with Gasteiger partial charge in [0.2, 0.25) is 11.9 Å². The van der Waals surface area contributed by atoms with Crippen molar-refractivity contribution in [3.05, 3.63) is 12.3 Å². The number of aromatic nitrogens is 2. The van der Waals surface area contributed by atoms with Crippen molar-refractivity contribution in [1.29, 1.82) is 0 Å². The maximum Gasteiger partial charge on any atom is 0.224 e. The molecule has 1 saturated carbocycles. The van der Waals surface area contributed by atoms with E-state index in [4.69, 9.17) is 10.7 Å². The first-order chi connectivity index (χ1) is 16.2. The lowest BCUT2D eigenvalue weighted by Gasteiger charge is -2.46. The highest BCUT2D eigenvalue weighted by molar-refractivity contribution is 5.76. The molecule has 2 saturated heterocycles. The third kappa shape index (κ3) is 6.79. The van der Waals surface area contributed by atoms with Crippen LogP contribution in [0.1, 0.15) is 77.0 Å². The van der Waals surface area contributed by atoms with Gasteiger partial charge in [0, 0.05) is 56.9 Å². The summed E-state index contributed by atoms with van der Waals surface area (Å²) in [6.07, 6.45) is 16.0. The summed E-state index contributed by atoms with van der Waals surface area (Å²) in [5.41, 5.74) is 5.61. The molecule has 33 heavy (non-hydrogen) atoms. The van der Waals surface area contributed by atoms with E-state index in [1.807, 2.05) is 12.3 Å². The number of nitrogens with zero attached hydrogens (tertiary/aromatic N) is 4. The number of anilines is 2. The van der Waals surface area contributed by atoms with Gasteiger partial charge in [0.1, 0.15) is 5.82 Å². The molecule has 2 unspecified atom stereocenters. The number of hydrogen-bond acceptors (Lipinski definition) is 7. The zero-order valence-corrected chi connectivity index (χ0v) is 20.2. The molecule has 1 amide bonds. The van der Waals surface area contributed by atoms with Gasteiger partial charge in [0.25, 0.3) is 0 Å². The zero-order valence-electron chi connectivity index (χ0n) is 20.2. The highest BCUT2D eigenvalue weighted by Gasteiger charge is 2.37. The molecule has 8 heteroatoms. The first-order valence-corrected chi connectivity index (χ1v) is 13.3. The van der Waals surface area contributed by atoms with E-state index in [9.17, 15) is 4.79 Å². The van der Waals surface area contributed by atoms with Crippen LogP contribution < -0.4 is 21.3 Å². The third-order valence-electron chi connectivity index (χ3n) is 7.61. The fourth-order valence-electron chi connectivity index (χ4n) is 5.91. The second-order valence-corrected chi connectivity index (χ2v) is 9.97. The van der Waals surface area contributed by atoms with Crippen LogP contribution in [0.3, 0.4) is 0 Å². The van der Waals surface area contributed by atoms with E-state index in [0.717, 1.165) is 38.3 Å². The van der Waals surface area contributed by atoms with Gasteiger partial charge < -0.3 is 21.3 Å². The van der Waals surface area contributed by atoms with Crippen LogP contribution in [0.25, 0.3) is 0 Å². The first-order valence-electron chi connectivity index (χ1n) is 13.3. The van der Waals surface area contributed by atoms with Crippen LogP contribution in [0.15, 0.2) is 12.3 Å². The number of likely N-dealkylation sites (tertiary alicyclic amines) is 1. The van der Waals surface area contributed by atoms with E-state index in [-0.39, 0.29) is 18.0 Å². The number of amides is 1. The summed E-state index contributed by atoms with van der Waals surface area (Å²) in [6.45, 7) is 4.22. The molecule has 0 bridgehead atoms. The number of carbonyl (C=O) groups excluding carboxylic acids is 1. The van der Waals surface area contributed by atoms with Crippen LogP contribution in [0.4, 0.5) is 11.8 Å². The minimum atomic E-state index is 0.0965. The molecule has 1 aromatic heterocycles. The molecular formula is C25H43N7O. The molecule has 0 aromatic carbocycles. The molecule has 0 spiro atoms. The maximum absolute atomic E-state index is 12.7. The Hall–Kier alpha value is -1.93. The second kappa shape index (κ2) is 12.5. The Bertz CT molecular complexity index is 731. The average molecular weight is 458 g/mol. The number of nitrogens with one attached hydrogen (secondary N) is 2. The van der Waals surface area contributed by atoms with Gasteiger partial charge in [-0.15, -0.1) is 0 Å². The van der Waals surface area contributed by atoms with Crippen LogP contribution in [0, 0.1) is 0 Å². The van der Waals surface area contributed by atoms with Gasteiger partial charge >= 0.3 is 0 Å². The Kier molecular flexibility index (Phi) is 9.17. The van der Waals surface area contributed by atoms with Crippen LogP contribution >= 0.6 is 0 Å². The van der Waals surface area contributed by atoms with Crippen molar-refractivity contribution in [2.75, 3.05) is 42.9 Å². The molecule has 1 aromatic rings. The maximum atomic E-state index is 12.7. The minimum Gasteiger partial charge on any atom is -0.356 e. The summed E-state index contributed by atoms with van der Waals surface area (Å²) in [4.78, 5) is 27.2. The number of hydrogen-bond donors (Lipinski definition) is 3. The second-order valence-electron chi connectivity index (χ2n) is 9.97. The largest absolute Gasteiger partial charge is 0.356 e. The lowest BCUT2D eigenvalue weighted by atomic mass is 9.87. The SMILES string of the molecule is NCCNC(=O)CC1C(Nc2nccc(N3CCCCCC3)n2)CCCN1C1CCCCC1. The van der Waals surface area contributed by atoms with E-state index in [0.29, 0.717) is 31.5 Å². The molecule has 2 aliphatic heterocycles. The van der Waals surface area contributed by atoms with E-state index in [2.05, 4.69) is 25.4 Å². The third-order valence-corrected chi connectivity index (χ3v) is 7.61. The number of carbonyl (C=O) groups is 1. The number of rotatable bonds is 8. The normalized spacial score (nSPS) is 25.4. The molecule has 2 atom stereocenters. The molecule has 8 nitrogen and oxygen atoms in total. The van der Waals surface area contributed by atoms with Crippen molar-refractivity contribution >= 4 is 17.7 Å². The first kappa shape index (κ1) is 24.2. The van der Waals surface area contributed by atoms with Crippen molar-refractivity contribution in [1.82, 2.24) is 20.2 Å². The van der Waals surface area contributed by atoms with Gasteiger partial charge in [0.15, 0.2) is 0 Å². The molecule has 4 rings (SSSR count). The van der Waals surface area contributed by atoms with Gasteiger partial charge in [-0.2, -0.15) is 4.98 Å². The van der Waals surface area contributed by atoms with Crippen molar-refractivity contribution in [3.63, 3.8) is 0 Å². The van der Waals surface area contributed by atoms with E-state index < -0.39 is 0 Å². The van der Waals surface area contributed by atoms with Crippen LogP contribution in [0.5, 0.6) is 0 Å². The van der Waals surface area contributed by atoms with E-state index in [1.165, 1.54) is 57.8 Å². The summed E-state index contributed by atoms with van der Waals surface area (Å²) in [5.74, 6) is 1.81. The molecule has 3 fully saturated rings. The summed E-state index contributed by atoms with van der Waals surface area (Å²) in [5, 5.41) is 6.65. The summed E-state index contributed by atoms with van der Waals surface area (Å²) in [7, 11) is 0. The molecule has 0 radical (unpaired) electrons. The molecule has 1 aliphatic carbocycles. The number of piperidine rings is 1. The Labute approximate surface area is 199 Å². The van der Waals surface area contributed by atoms with Gasteiger partial charge in [-0.05, 0) is 51.1 Å². The molecule has 184 valence electrons. The molecule has 3 heterocycles. The van der Waals surface area contributed by atoms with Crippen molar-refractivity contribution < 1.29 is 4.79 Å². The lowest BCUT2D eigenvalue weighted by molar-refractivity contribution is -0.123. The van der Waals surface area contributed by atoms with E-state index in [1.54, 1.807) is 0 Å². The predicted molar refractivity (Wildman–Crippen MR) is 133 cm³/mol. The molecule has 3 aliphatic rings. The quantitative estimate of drug-likeness (QED) is 0.552. The number of nitrogens with two attached hydrogens (primary N) is 1. The smallest absolute Gasteiger partial charge is 0.224 e. The predicted octanol–water partition coefficient (Wildman–Crippen LogP) is 2.90. The van der Waals surface area contributed by atoms with Gasteiger partial charge in [-0.3, -0.25) is 9.69 Å². The van der Waals surface area contributed by atoms with E-state index >= 15 is 0 Å². The fourth-order valence-corrected chi connectivity index (χ4v) is 5.91. The Morgan fingerprint density at radius 1 is 1.00 bits per heavy atom. The monoisotopic (exact) mass is 457 g/mol. The topological polar surface area (TPSA) is 99.4 Å². The highest BCUT2D eigenvalue weighted by Crippen LogP contribution is 2.31. The molecule has 4 N–H and O–H groups in total. The lowest BCUT2D eigenvalue weighted by Crippen LogP contribution is -2.57. The summed E-state index contributed by atoms with van der Waals surface area (Å²) < 4.78 is 0. The van der Waals surface area contributed by atoms with Crippen molar-refractivity contribution in [2.45, 2.75) is 95.2 Å². The Morgan fingerprint density at radius 2 is 1.76 bits per heavy atom. The van der Waals surface area contributed by atoms with Crippen LogP contribution in [-0.2, 0) is 4.79 Å². The van der Waals surface area contributed by atoms with Gasteiger partial charge in [-0.1, -0.05) is 32.1 Å². The summed E-state index contributed by atoms with van der Waals surface area (Å²) in [6, 6.07) is 2.94. The average Bonchev–Trinajstić information content (AvgIpc) is 3.14. The van der Waals surface area contributed by atoms with Crippen LogP contribution in [-0.4, -0.2) is 71.6 Å². The molecular weight excluding hydrogens is 414 g/mol. The van der Waals surface area contributed by atoms with Crippen molar-refractivity contribution in [2.24, 2.45) is 5.73 Å². The van der Waals surface area contributed by atoms with Gasteiger partial charge in [-0.25, -0.2) is 4.98 Å².